The average Bonchev–Trinajstić information content (AvgIpc) is 3.43. The van der Waals surface area contributed by atoms with Gasteiger partial charge in [0.25, 0.3) is 7.82 Å². The van der Waals surface area contributed by atoms with Gasteiger partial charge in [-0.2, -0.15) is 0 Å². The highest BCUT2D eigenvalue weighted by Gasteiger charge is 2.23. The summed E-state index contributed by atoms with van der Waals surface area (Å²) in [5.74, 6) is -0.210. The molecule has 0 fully saturated rings. The van der Waals surface area contributed by atoms with Crippen LogP contribution < -0.4 is 10.2 Å². The number of aliphatic hydroxyl groups is 1. The number of hydrogen-bond acceptors (Lipinski definition) is 6. The predicted octanol–water partition coefficient (Wildman–Crippen LogP) is 21.3. The second-order valence-corrected chi connectivity index (χ2v) is 25.9. The fraction of sp³-hybridized carbons (Fsp3) is 0.792. The third-order valence-corrected chi connectivity index (χ3v) is 16.3. The number of carbonyl (C=O) groups excluding carboxylic acids is 1. The number of amides is 1. The maximum absolute atomic E-state index is 13.0. The third-order valence-electron chi connectivity index (χ3n) is 15.3. The first-order chi connectivity index (χ1) is 39.5. The molecule has 0 aliphatic carbocycles. The molecule has 81 heavy (non-hydrogen) atoms. The normalized spacial score (nSPS) is 14.2. The number of allylic oxidation sites excluding steroid dienone is 13. The van der Waals surface area contributed by atoms with Gasteiger partial charge in [0, 0.05) is 6.42 Å². The number of unbranched alkanes of at least 4 members (excludes halogenated alkanes) is 38. The van der Waals surface area contributed by atoms with Gasteiger partial charge in [0.05, 0.1) is 39.9 Å². The second-order valence-electron chi connectivity index (χ2n) is 24.5. The summed E-state index contributed by atoms with van der Waals surface area (Å²) in [5, 5.41) is 13.9. The maximum Gasteiger partial charge on any atom is 0.268 e. The standard InChI is InChI=1S/C72H133N2O6P/c1-6-8-10-12-14-16-18-20-22-24-26-28-30-32-34-35-36-37-38-40-41-43-45-47-49-51-53-55-57-59-61-63-65-71(75)70(69-80-81(77,78)79-68-67-74(3,4)5)73-72(76)66-64-62-60-58-56-54-52-50-48-46-44-42-39-33-31-29-27-25-23-21-19-17-15-13-11-9-7-2/h9,11,15,17,21,23,27,29,33,39,55,57,63,65,70-71,75H,6-8,10,12-14,16,18-20,22,24-26,28,30-32,34-38,40-54,56,58-62,64,66-69H2,1-5H3,(H-,73,76,77,78)/b11-9-,17-15-,23-21-,29-27-,39-33-,57-55+,65-63+. The average molecular weight is 1150 g/mol. The van der Waals surface area contributed by atoms with E-state index in [1.165, 1.54) is 225 Å². The van der Waals surface area contributed by atoms with Crippen molar-refractivity contribution >= 4 is 13.7 Å². The Hall–Kier alpha value is -2.32. The van der Waals surface area contributed by atoms with Crippen molar-refractivity contribution in [2.75, 3.05) is 40.9 Å². The van der Waals surface area contributed by atoms with Crippen molar-refractivity contribution in [3.05, 3.63) is 85.1 Å². The number of quaternary nitrogens is 1. The van der Waals surface area contributed by atoms with Crippen LogP contribution in [0.1, 0.15) is 316 Å². The summed E-state index contributed by atoms with van der Waals surface area (Å²) in [5.41, 5.74) is 0. The maximum atomic E-state index is 13.0. The first-order valence-corrected chi connectivity index (χ1v) is 35.9. The van der Waals surface area contributed by atoms with Crippen LogP contribution >= 0.6 is 7.82 Å². The molecule has 0 rings (SSSR count). The zero-order valence-corrected chi connectivity index (χ0v) is 54.9. The van der Waals surface area contributed by atoms with Gasteiger partial charge in [-0.1, -0.05) is 317 Å². The minimum Gasteiger partial charge on any atom is -0.756 e. The Morgan fingerprint density at radius 3 is 1.15 bits per heavy atom. The predicted molar refractivity (Wildman–Crippen MR) is 353 cm³/mol. The van der Waals surface area contributed by atoms with E-state index in [4.69, 9.17) is 9.05 Å². The quantitative estimate of drug-likeness (QED) is 0.0272. The van der Waals surface area contributed by atoms with Gasteiger partial charge in [-0.25, -0.2) is 0 Å². The number of nitrogens with one attached hydrogen (secondary N) is 1. The SMILES string of the molecule is CC/C=C\C/C=C\C/C=C\C/C=C\C/C=C\CCCCCCCCCCCCCC(=O)NC(COP(=O)([O-])OCC[N+](C)(C)C)C(O)/C=C/CC/C=C/CCCCCCCCCCCCCCCCCCCCCCCCCCCC. The van der Waals surface area contributed by atoms with E-state index in [0.717, 1.165) is 70.6 Å². The molecular weight excluding hydrogens is 1020 g/mol. The topological polar surface area (TPSA) is 108 Å². The Morgan fingerprint density at radius 1 is 0.444 bits per heavy atom. The number of hydrogen-bond donors (Lipinski definition) is 2. The monoisotopic (exact) mass is 1150 g/mol. The van der Waals surface area contributed by atoms with E-state index in [9.17, 15) is 19.4 Å². The Balaban J connectivity index is 4.13. The molecule has 0 saturated heterocycles. The van der Waals surface area contributed by atoms with Crippen molar-refractivity contribution < 1.29 is 32.9 Å². The fourth-order valence-electron chi connectivity index (χ4n) is 10.0. The molecule has 1 amide bonds. The van der Waals surface area contributed by atoms with Gasteiger partial charge in [-0.15, -0.1) is 0 Å². The number of phosphoric acid groups is 1. The van der Waals surface area contributed by atoms with E-state index in [-0.39, 0.29) is 12.5 Å². The fourth-order valence-corrected chi connectivity index (χ4v) is 10.7. The summed E-state index contributed by atoms with van der Waals surface area (Å²) in [7, 11) is 1.24. The third kappa shape index (κ3) is 65.1. The highest BCUT2D eigenvalue weighted by atomic mass is 31.2. The van der Waals surface area contributed by atoms with Gasteiger partial charge >= 0.3 is 0 Å². The summed E-state index contributed by atoms with van der Waals surface area (Å²) in [6, 6.07) is -0.912. The number of carbonyl (C=O) groups is 1. The zero-order valence-electron chi connectivity index (χ0n) is 54.0. The van der Waals surface area contributed by atoms with E-state index in [1.807, 2.05) is 27.2 Å². The zero-order chi connectivity index (χ0) is 59.1. The van der Waals surface area contributed by atoms with Gasteiger partial charge in [0.2, 0.25) is 5.91 Å². The molecule has 0 radical (unpaired) electrons. The van der Waals surface area contributed by atoms with Gasteiger partial charge in [-0.3, -0.25) is 9.36 Å². The second kappa shape index (κ2) is 62.2. The lowest BCUT2D eigenvalue weighted by molar-refractivity contribution is -0.870. The molecule has 0 spiro atoms. The highest BCUT2D eigenvalue weighted by Crippen LogP contribution is 2.38. The lowest BCUT2D eigenvalue weighted by Crippen LogP contribution is -2.45. The van der Waals surface area contributed by atoms with Gasteiger partial charge in [0.15, 0.2) is 0 Å². The molecule has 472 valence electrons. The van der Waals surface area contributed by atoms with Crippen LogP contribution in [0.2, 0.25) is 0 Å². The van der Waals surface area contributed by atoms with Crippen LogP contribution in [-0.2, 0) is 18.4 Å². The lowest BCUT2D eigenvalue weighted by Gasteiger charge is -2.29. The molecule has 9 heteroatoms. The molecule has 0 heterocycles. The van der Waals surface area contributed by atoms with E-state index >= 15 is 0 Å². The van der Waals surface area contributed by atoms with E-state index in [1.54, 1.807) is 6.08 Å². The molecule has 0 aliphatic heterocycles. The largest absolute Gasteiger partial charge is 0.756 e. The number of nitrogens with zero attached hydrogens (tertiary/aromatic N) is 1. The molecule has 8 nitrogen and oxygen atoms in total. The van der Waals surface area contributed by atoms with Crippen LogP contribution in [0.5, 0.6) is 0 Å². The van der Waals surface area contributed by atoms with Crippen LogP contribution in [0, 0.1) is 0 Å². The minimum atomic E-state index is -4.62. The highest BCUT2D eigenvalue weighted by molar-refractivity contribution is 7.45. The summed E-state index contributed by atoms with van der Waals surface area (Å²) in [6.07, 6.45) is 88.5. The van der Waals surface area contributed by atoms with Crippen molar-refractivity contribution in [1.82, 2.24) is 5.32 Å². The van der Waals surface area contributed by atoms with Gasteiger partial charge in [0.1, 0.15) is 13.2 Å². The number of rotatable bonds is 63. The summed E-state index contributed by atoms with van der Waals surface area (Å²) < 4.78 is 23.4. The van der Waals surface area contributed by atoms with Crippen molar-refractivity contribution in [2.24, 2.45) is 0 Å². The summed E-state index contributed by atoms with van der Waals surface area (Å²) >= 11 is 0. The first-order valence-electron chi connectivity index (χ1n) is 34.4. The Labute approximate surface area is 503 Å². The molecule has 2 N–H and O–H groups in total. The molecule has 0 aromatic rings. The smallest absolute Gasteiger partial charge is 0.268 e. The molecule has 0 saturated carbocycles. The van der Waals surface area contributed by atoms with Crippen LogP contribution in [0.4, 0.5) is 0 Å². The number of aliphatic hydroxyl groups excluding tert-OH is 1. The Bertz CT molecular complexity index is 1600. The molecule has 0 aromatic carbocycles. The van der Waals surface area contributed by atoms with Crippen molar-refractivity contribution in [1.29, 1.82) is 0 Å². The van der Waals surface area contributed by atoms with Crippen molar-refractivity contribution in [2.45, 2.75) is 328 Å². The molecule has 0 bridgehead atoms. The first kappa shape index (κ1) is 78.7. The van der Waals surface area contributed by atoms with Crippen LogP contribution in [0.3, 0.4) is 0 Å². The Kier molecular flexibility index (Phi) is 60.4. The number of likely N-dealkylation sites (N-methyl/N-ethyl adjacent to an activating group) is 1. The molecular formula is C72H133N2O6P. The summed E-state index contributed by atoms with van der Waals surface area (Å²) in [4.78, 5) is 25.6. The molecule has 3 unspecified atom stereocenters. The Morgan fingerprint density at radius 2 is 0.765 bits per heavy atom. The molecule has 0 aromatic heterocycles. The van der Waals surface area contributed by atoms with E-state index < -0.39 is 26.6 Å². The summed E-state index contributed by atoms with van der Waals surface area (Å²) in [6.45, 7) is 4.54. The molecule has 0 aliphatic rings. The lowest BCUT2D eigenvalue weighted by atomic mass is 10.0. The van der Waals surface area contributed by atoms with Crippen LogP contribution in [-0.4, -0.2) is 68.5 Å². The van der Waals surface area contributed by atoms with Crippen LogP contribution in [0.25, 0.3) is 0 Å². The molecule has 3 atom stereocenters. The minimum absolute atomic E-state index is 0.00996. The van der Waals surface area contributed by atoms with Crippen molar-refractivity contribution in [3.63, 3.8) is 0 Å². The number of phosphoric ester groups is 1. The van der Waals surface area contributed by atoms with Crippen molar-refractivity contribution in [3.8, 4) is 0 Å². The van der Waals surface area contributed by atoms with E-state index in [2.05, 4.69) is 92.1 Å². The van der Waals surface area contributed by atoms with Crippen LogP contribution in [0.15, 0.2) is 85.1 Å². The van der Waals surface area contributed by atoms with E-state index in [0.29, 0.717) is 17.4 Å². The van der Waals surface area contributed by atoms with Gasteiger partial charge in [-0.05, 0) is 77.0 Å². The van der Waals surface area contributed by atoms with Gasteiger partial charge < -0.3 is 28.8 Å².